The molecule has 0 bridgehead atoms. The second kappa shape index (κ2) is 7.61. The molecule has 0 aliphatic heterocycles. The quantitative estimate of drug-likeness (QED) is 0.651. The zero-order chi connectivity index (χ0) is 13.6. The molecule has 3 heteroatoms. The number of hydrogen-bond donors (Lipinski definition) is 1. The van der Waals surface area contributed by atoms with E-state index in [-0.39, 0.29) is 0 Å². The van der Waals surface area contributed by atoms with Crippen LogP contribution in [0.2, 0.25) is 0 Å². The molecule has 0 atom stereocenters. The predicted octanol–water partition coefficient (Wildman–Crippen LogP) is 2.66. The molecule has 1 N–H and O–H groups in total. The summed E-state index contributed by atoms with van der Waals surface area (Å²) in [6.07, 6.45) is 11.1. The van der Waals surface area contributed by atoms with Gasteiger partial charge in [-0.15, -0.1) is 0 Å². The molecule has 0 aromatic rings. The van der Waals surface area contributed by atoms with Crippen molar-refractivity contribution in [1.29, 1.82) is 0 Å². The van der Waals surface area contributed by atoms with E-state index in [1.165, 1.54) is 64.6 Å². The standard InChI is InChI=1S/C16H32N2O/c1-18(11-6-12-19-2)14-16(9-4-3-5-10-16)13-17-15-7-8-15/h15,17H,3-14H2,1-2H3. The number of nitrogens with zero attached hydrogens (tertiary/aromatic N) is 1. The first kappa shape index (κ1) is 15.3. The summed E-state index contributed by atoms with van der Waals surface area (Å²) in [4.78, 5) is 2.53. The number of rotatable bonds is 9. The van der Waals surface area contributed by atoms with Gasteiger partial charge in [-0.1, -0.05) is 19.3 Å². The summed E-state index contributed by atoms with van der Waals surface area (Å²) in [5.74, 6) is 0. The summed E-state index contributed by atoms with van der Waals surface area (Å²) in [6.45, 7) is 4.55. The van der Waals surface area contributed by atoms with E-state index in [9.17, 15) is 0 Å². The molecule has 0 aromatic carbocycles. The Bertz CT molecular complexity index is 247. The first-order valence-corrected chi connectivity index (χ1v) is 8.15. The lowest BCUT2D eigenvalue weighted by molar-refractivity contribution is 0.108. The van der Waals surface area contributed by atoms with Crippen LogP contribution in [0.5, 0.6) is 0 Å². The van der Waals surface area contributed by atoms with Crippen LogP contribution in [-0.2, 0) is 4.74 Å². The van der Waals surface area contributed by atoms with Crippen molar-refractivity contribution in [3.8, 4) is 0 Å². The van der Waals surface area contributed by atoms with Crippen molar-refractivity contribution in [1.82, 2.24) is 10.2 Å². The number of hydrogen-bond acceptors (Lipinski definition) is 3. The topological polar surface area (TPSA) is 24.5 Å². The van der Waals surface area contributed by atoms with E-state index in [1.54, 1.807) is 7.11 Å². The maximum Gasteiger partial charge on any atom is 0.0474 e. The molecule has 0 heterocycles. The minimum absolute atomic E-state index is 0.544. The van der Waals surface area contributed by atoms with Gasteiger partial charge in [0.2, 0.25) is 0 Å². The van der Waals surface area contributed by atoms with Crippen molar-refractivity contribution >= 4 is 0 Å². The first-order valence-electron chi connectivity index (χ1n) is 8.15. The highest BCUT2D eigenvalue weighted by atomic mass is 16.5. The fourth-order valence-corrected chi connectivity index (χ4v) is 3.47. The summed E-state index contributed by atoms with van der Waals surface area (Å²) < 4.78 is 5.16. The van der Waals surface area contributed by atoms with Crippen LogP contribution in [0.15, 0.2) is 0 Å². The summed E-state index contributed by atoms with van der Waals surface area (Å²) >= 11 is 0. The molecule has 3 nitrogen and oxygen atoms in total. The number of ether oxygens (including phenoxy) is 1. The third-order valence-corrected chi connectivity index (χ3v) is 4.75. The van der Waals surface area contributed by atoms with Crippen molar-refractivity contribution in [3.63, 3.8) is 0 Å². The van der Waals surface area contributed by atoms with Gasteiger partial charge in [0.1, 0.15) is 0 Å². The summed E-state index contributed by atoms with van der Waals surface area (Å²) in [5, 5.41) is 3.79. The zero-order valence-corrected chi connectivity index (χ0v) is 12.9. The Kier molecular flexibility index (Phi) is 6.11. The Morgan fingerprint density at radius 1 is 1.21 bits per heavy atom. The highest BCUT2D eigenvalue weighted by Crippen LogP contribution is 2.37. The molecular weight excluding hydrogens is 236 g/mol. The molecule has 19 heavy (non-hydrogen) atoms. The predicted molar refractivity (Wildman–Crippen MR) is 80.5 cm³/mol. The van der Waals surface area contributed by atoms with Gasteiger partial charge in [0.05, 0.1) is 0 Å². The number of methoxy groups -OCH3 is 1. The Morgan fingerprint density at radius 3 is 2.58 bits per heavy atom. The van der Waals surface area contributed by atoms with Crippen LogP contribution in [-0.4, -0.2) is 51.3 Å². The Labute approximate surface area is 119 Å². The highest BCUT2D eigenvalue weighted by Gasteiger charge is 2.34. The maximum absolute atomic E-state index is 5.16. The van der Waals surface area contributed by atoms with Crippen molar-refractivity contribution in [2.75, 3.05) is 40.4 Å². The normalized spacial score (nSPS) is 22.9. The van der Waals surface area contributed by atoms with Crippen LogP contribution in [0.1, 0.15) is 51.4 Å². The maximum atomic E-state index is 5.16. The largest absolute Gasteiger partial charge is 0.385 e. The average Bonchev–Trinajstić information content (AvgIpc) is 3.22. The van der Waals surface area contributed by atoms with Gasteiger partial charge in [-0.3, -0.25) is 0 Å². The molecule has 0 unspecified atom stereocenters. The SMILES string of the molecule is COCCCN(C)CC1(CNC2CC2)CCCCC1. The van der Waals surface area contributed by atoms with E-state index in [1.807, 2.05) is 0 Å². The van der Waals surface area contributed by atoms with Gasteiger partial charge in [-0.05, 0) is 44.6 Å². The lowest BCUT2D eigenvalue weighted by Crippen LogP contribution is -2.45. The van der Waals surface area contributed by atoms with Crippen molar-refractivity contribution in [2.24, 2.45) is 5.41 Å². The molecule has 2 rings (SSSR count). The van der Waals surface area contributed by atoms with Crippen molar-refractivity contribution < 1.29 is 4.74 Å². The fourth-order valence-electron chi connectivity index (χ4n) is 3.47. The summed E-state index contributed by atoms with van der Waals surface area (Å²) in [5.41, 5.74) is 0.544. The van der Waals surface area contributed by atoms with Crippen LogP contribution < -0.4 is 5.32 Å². The fraction of sp³-hybridized carbons (Fsp3) is 1.00. The Morgan fingerprint density at radius 2 is 1.95 bits per heavy atom. The van der Waals surface area contributed by atoms with Gasteiger partial charge in [-0.25, -0.2) is 0 Å². The van der Waals surface area contributed by atoms with Crippen molar-refractivity contribution in [3.05, 3.63) is 0 Å². The van der Waals surface area contributed by atoms with E-state index in [2.05, 4.69) is 17.3 Å². The average molecular weight is 268 g/mol. The molecule has 2 fully saturated rings. The summed E-state index contributed by atoms with van der Waals surface area (Å²) in [7, 11) is 4.07. The minimum Gasteiger partial charge on any atom is -0.385 e. The van der Waals surface area contributed by atoms with Gasteiger partial charge >= 0.3 is 0 Å². The minimum atomic E-state index is 0.544. The van der Waals surface area contributed by atoms with Crippen LogP contribution in [0, 0.1) is 5.41 Å². The Balaban J connectivity index is 1.77. The summed E-state index contributed by atoms with van der Waals surface area (Å²) in [6, 6.07) is 0.845. The van der Waals surface area contributed by atoms with Gasteiger partial charge in [0.15, 0.2) is 0 Å². The van der Waals surface area contributed by atoms with E-state index < -0.39 is 0 Å². The van der Waals surface area contributed by atoms with Gasteiger partial charge in [-0.2, -0.15) is 0 Å². The van der Waals surface area contributed by atoms with E-state index >= 15 is 0 Å². The van der Waals surface area contributed by atoms with Crippen LogP contribution in [0.3, 0.4) is 0 Å². The molecule has 112 valence electrons. The van der Waals surface area contributed by atoms with Crippen molar-refractivity contribution in [2.45, 2.75) is 57.4 Å². The van der Waals surface area contributed by atoms with Crippen LogP contribution in [0.25, 0.3) is 0 Å². The third-order valence-electron chi connectivity index (χ3n) is 4.75. The lowest BCUT2D eigenvalue weighted by atomic mass is 9.73. The van der Waals surface area contributed by atoms with E-state index in [0.29, 0.717) is 5.41 Å². The molecular formula is C16H32N2O. The third kappa shape index (κ3) is 5.41. The molecule has 2 aliphatic carbocycles. The van der Waals surface area contributed by atoms with E-state index in [0.717, 1.165) is 19.1 Å². The zero-order valence-electron chi connectivity index (χ0n) is 12.9. The second-order valence-electron chi connectivity index (χ2n) is 6.80. The molecule has 2 aliphatic rings. The van der Waals surface area contributed by atoms with Crippen LogP contribution in [0.4, 0.5) is 0 Å². The van der Waals surface area contributed by atoms with Crippen LogP contribution >= 0.6 is 0 Å². The van der Waals surface area contributed by atoms with Gasteiger partial charge < -0.3 is 15.0 Å². The number of nitrogens with one attached hydrogen (secondary N) is 1. The monoisotopic (exact) mass is 268 g/mol. The molecule has 0 radical (unpaired) electrons. The molecule has 0 saturated heterocycles. The molecule has 0 spiro atoms. The molecule has 0 aromatic heterocycles. The lowest BCUT2D eigenvalue weighted by Gasteiger charge is -2.40. The van der Waals surface area contributed by atoms with E-state index in [4.69, 9.17) is 4.74 Å². The molecule has 2 saturated carbocycles. The first-order chi connectivity index (χ1) is 9.24. The Hall–Kier alpha value is -0.120. The smallest absolute Gasteiger partial charge is 0.0474 e. The molecule has 0 amide bonds. The van der Waals surface area contributed by atoms with Gasteiger partial charge in [0, 0.05) is 39.4 Å². The highest BCUT2D eigenvalue weighted by molar-refractivity contribution is 4.91. The second-order valence-corrected chi connectivity index (χ2v) is 6.80. The van der Waals surface area contributed by atoms with Gasteiger partial charge in [0.25, 0.3) is 0 Å².